The Balaban J connectivity index is 0.000000483. The van der Waals surface area contributed by atoms with Crippen LogP contribution in [0.15, 0.2) is 79.7 Å². The Kier molecular flexibility index (Phi) is 22.8. The largest absolute Gasteiger partial charge is 0.467 e. The predicted octanol–water partition coefficient (Wildman–Crippen LogP) is 5.65. The van der Waals surface area contributed by atoms with E-state index in [1.165, 1.54) is 57.5 Å². The zero-order valence-electron chi connectivity index (χ0n) is 38.4. The number of alkyl carbamates (subject to hydrolysis) is 1. The summed E-state index contributed by atoms with van der Waals surface area (Å²) in [6.45, 7) is 8.74. The van der Waals surface area contributed by atoms with E-state index in [1.807, 2.05) is 0 Å². The minimum absolute atomic E-state index is 0. The molecular weight excluding hydrogens is 1010 g/mol. The molecule has 24 nitrogen and oxygen atoms in total. The van der Waals surface area contributed by atoms with E-state index >= 15 is 0 Å². The van der Waals surface area contributed by atoms with Crippen LogP contribution in [-0.4, -0.2) is 115 Å². The third-order valence-corrected chi connectivity index (χ3v) is 11.3. The number of carbonyl (C=O) groups is 5. The topological polar surface area (TPSA) is 347 Å². The standard InChI is InChI=1S/C23H31ClN4O9S.C18H23ClN4O7S.CH4/c1-14(36-22(31)28(5)9-8-26-21(30)37-23(2,3)4)35-20(29)16-11-19(38(25,32)33)17(24)12-18(16)27-13-15-7-6-10-34-15;1-11(30-18(25)23(2)6-5-20)29-17(24)13-8-16(31(21,26)27)14(19)9-15(13)22-10-12-4-3-7-28-12;/h6-7,10-12,14,27H,8-9,13H2,1-5H3,(H,26,30)(H2,25,32,33);3-4,7-9,11,22H,5-6,10,20H2,1-2H3,(H2,21,26,27);1H4. The molecule has 2 atom stereocenters. The Bertz CT molecular complexity index is 2630. The van der Waals surface area contributed by atoms with Crippen molar-refractivity contribution in [1.82, 2.24) is 15.1 Å². The summed E-state index contributed by atoms with van der Waals surface area (Å²) in [5.41, 5.74) is 4.61. The number of ether oxygens (including phenoxy) is 5. The zero-order chi connectivity index (χ0) is 51.9. The van der Waals surface area contributed by atoms with Crippen LogP contribution in [0.5, 0.6) is 0 Å². The molecule has 2 aromatic carbocycles. The summed E-state index contributed by atoms with van der Waals surface area (Å²) in [6.07, 6.45) is -1.92. The second-order valence-corrected chi connectivity index (χ2v) is 19.3. The Hall–Kier alpha value is -6.29. The number of nitrogens with one attached hydrogen (secondary N) is 3. The fraction of sp³-hybridized carbons (Fsp3) is 0.405. The predicted molar refractivity (Wildman–Crippen MR) is 256 cm³/mol. The molecule has 0 saturated carbocycles. The lowest BCUT2D eigenvalue weighted by Crippen LogP contribution is -2.39. The van der Waals surface area contributed by atoms with Crippen molar-refractivity contribution in [2.24, 2.45) is 16.0 Å². The van der Waals surface area contributed by atoms with Crippen LogP contribution >= 0.6 is 23.2 Å². The molecule has 0 spiro atoms. The first-order valence-corrected chi connectivity index (χ1v) is 24.1. The van der Waals surface area contributed by atoms with Gasteiger partial charge in [0.15, 0.2) is 0 Å². The van der Waals surface area contributed by atoms with Gasteiger partial charge in [0.2, 0.25) is 32.6 Å². The number of likely N-dealkylation sites (N-methyl/N-ethyl adjacent to an activating group) is 2. The van der Waals surface area contributed by atoms with Gasteiger partial charge in [-0.2, -0.15) is 0 Å². The number of rotatable bonds is 19. The van der Waals surface area contributed by atoms with Crippen molar-refractivity contribution >= 4 is 84.8 Å². The highest BCUT2D eigenvalue weighted by atomic mass is 35.5. The number of anilines is 2. The van der Waals surface area contributed by atoms with E-state index in [9.17, 15) is 40.8 Å². The van der Waals surface area contributed by atoms with Crippen LogP contribution in [0.25, 0.3) is 0 Å². The number of nitrogens with two attached hydrogens (primary N) is 3. The first kappa shape index (κ1) is 59.8. The number of benzene rings is 2. The van der Waals surface area contributed by atoms with Crippen LogP contribution in [0.1, 0.15) is 74.3 Å². The number of sulfonamides is 2. The molecule has 388 valence electrons. The number of furan rings is 2. The molecular formula is C42H58Cl2N8O16S2. The van der Waals surface area contributed by atoms with Gasteiger partial charge in [-0.15, -0.1) is 0 Å². The number of carbonyl (C=O) groups excluding carboxylic acids is 5. The van der Waals surface area contributed by atoms with Crippen molar-refractivity contribution in [3.05, 3.63) is 93.7 Å². The molecule has 3 amide bonds. The maximum atomic E-state index is 12.9. The molecule has 0 saturated heterocycles. The van der Waals surface area contributed by atoms with Gasteiger partial charge in [-0.25, -0.2) is 51.1 Å². The van der Waals surface area contributed by atoms with Crippen LogP contribution in [0.4, 0.5) is 25.8 Å². The molecule has 9 N–H and O–H groups in total. The zero-order valence-corrected chi connectivity index (χ0v) is 41.5. The summed E-state index contributed by atoms with van der Waals surface area (Å²) >= 11 is 12.1. The van der Waals surface area contributed by atoms with E-state index in [0.717, 1.165) is 17.0 Å². The molecule has 28 heteroatoms. The van der Waals surface area contributed by atoms with Crippen molar-refractivity contribution in [1.29, 1.82) is 0 Å². The van der Waals surface area contributed by atoms with Gasteiger partial charge >= 0.3 is 30.2 Å². The lowest BCUT2D eigenvalue weighted by molar-refractivity contribution is -0.0689. The molecule has 0 aliphatic heterocycles. The van der Waals surface area contributed by atoms with Crippen LogP contribution in [0, 0.1) is 0 Å². The molecule has 2 unspecified atom stereocenters. The second-order valence-electron chi connectivity index (χ2n) is 15.4. The van der Waals surface area contributed by atoms with E-state index in [2.05, 4.69) is 16.0 Å². The smallest absolute Gasteiger partial charge is 0.412 e. The van der Waals surface area contributed by atoms with Crippen molar-refractivity contribution in [2.45, 2.75) is 83.1 Å². The van der Waals surface area contributed by atoms with Crippen LogP contribution in [0.2, 0.25) is 10.0 Å². The molecule has 0 fully saturated rings. The highest BCUT2D eigenvalue weighted by Gasteiger charge is 2.27. The molecule has 70 heavy (non-hydrogen) atoms. The van der Waals surface area contributed by atoms with Gasteiger partial charge in [0.25, 0.3) is 0 Å². The number of esters is 2. The van der Waals surface area contributed by atoms with Gasteiger partial charge < -0.3 is 64.0 Å². The Labute approximate surface area is 415 Å². The Morgan fingerprint density at radius 2 is 1.10 bits per heavy atom. The first-order chi connectivity index (χ1) is 32.1. The lowest BCUT2D eigenvalue weighted by Gasteiger charge is -2.22. The number of nitrogens with zero attached hydrogens (tertiary/aromatic N) is 2. The van der Waals surface area contributed by atoms with Crippen LogP contribution < -0.4 is 32.0 Å². The summed E-state index contributed by atoms with van der Waals surface area (Å²) in [5.74, 6) is -0.896. The Morgan fingerprint density at radius 3 is 1.44 bits per heavy atom. The van der Waals surface area contributed by atoms with Gasteiger partial charge in [0.1, 0.15) is 26.9 Å². The van der Waals surface area contributed by atoms with E-state index in [-0.39, 0.29) is 79.2 Å². The minimum Gasteiger partial charge on any atom is -0.467 e. The number of hydrogen-bond acceptors (Lipinski definition) is 19. The minimum atomic E-state index is -4.27. The summed E-state index contributed by atoms with van der Waals surface area (Å²) in [6, 6.07) is 11.1. The van der Waals surface area contributed by atoms with Gasteiger partial charge in [-0.1, -0.05) is 30.6 Å². The summed E-state index contributed by atoms with van der Waals surface area (Å²) in [4.78, 5) is 63.0. The maximum absolute atomic E-state index is 12.9. The molecule has 2 heterocycles. The molecule has 0 radical (unpaired) electrons. The Morgan fingerprint density at radius 1 is 0.700 bits per heavy atom. The number of primary sulfonamides is 2. The highest BCUT2D eigenvalue weighted by molar-refractivity contribution is 7.89. The van der Waals surface area contributed by atoms with Gasteiger partial charge in [-0.3, -0.25) is 0 Å². The third-order valence-electron chi connectivity index (χ3n) is 8.55. The summed E-state index contributed by atoms with van der Waals surface area (Å²) in [7, 11) is -5.60. The van der Waals surface area contributed by atoms with Crippen molar-refractivity contribution in [3.8, 4) is 0 Å². The van der Waals surface area contributed by atoms with Crippen molar-refractivity contribution in [3.63, 3.8) is 0 Å². The van der Waals surface area contributed by atoms with E-state index < -0.39 is 78.2 Å². The fourth-order valence-corrected chi connectivity index (χ4v) is 7.52. The molecule has 4 aromatic rings. The lowest BCUT2D eigenvalue weighted by atomic mass is 10.1. The number of amides is 3. The molecule has 0 aliphatic rings. The average molecular weight is 1070 g/mol. The highest BCUT2D eigenvalue weighted by Crippen LogP contribution is 2.31. The second kappa shape index (κ2) is 26.6. The number of hydrogen-bond donors (Lipinski definition) is 6. The summed E-state index contributed by atoms with van der Waals surface area (Å²) in [5, 5.41) is 18.3. The molecule has 2 aromatic heterocycles. The van der Waals surface area contributed by atoms with Crippen LogP contribution in [0.3, 0.4) is 0 Å². The van der Waals surface area contributed by atoms with E-state index in [4.69, 9.17) is 71.7 Å². The first-order valence-electron chi connectivity index (χ1n) is 20.3. The molecule has 0 aliphatic carbocycles. The quantitative estimate of drug-likeness (QED) is 0.0375. The maximum Gasteiger partial charge on any atom is 0.412 e. The molecule has 4 rings (SSSR count). The average Bonchev–Trinajstić information content (AvgIpc) is 3.96. The van der Waals surface area contributed by atoms with Gasteiger partial charge in [0.05, 0.1) is 58.2 Å². The van der Waals surface area contributed by atoms with E-state index in [1.54, 1.807) is 45.0 Å². The summed E-state index contributed by atoms with van der Waals surface area (Å²) < 4.78 is 83.5. The monoisotopic (exact) mass is 1060 g/mol. The van der Waals surface area contributed by atoms with Gasteiger partial charge in [-0.05, 0) is 69.3 Å². The third kappa shape index (κ3) is 19.6. The van der Waals surface area contributed by atoms with Gasteiger partial charge in [0, 0.05) is 54.1 Å². The van der Waals surface area contributed by atoms with E-state index in [0.29, 0.717) is 11.5 Å². The fourth-order valence-electron chi connectivity index (χ4n) is 5.32. The van der Waals surface area contributed by atoms with Crippen molar-refractivity contribution in [2.75, 3.05) is 50.9 Å². The number of halogens is 2. The molecule has 0 bridgehead atoms. The SMILES string of the molecule is C.CC(OC(=O)c1cc(S(N)(=O)=O)c(Cl)cc1NCc1ccco1)OC(=O)N(C)CCN.CC(OC(=O)c1cc(S(N)(=O)=O)c(Cl)cc1NCc1ccco1)OC(=O)N(C)CCNC(=O)OC(C)(C)C. The normalized spacial score (nSPS) is 12.1. The van der Waals surface area contributed by atoms with Crippen molar-refractivity contribution < 1.29 is 73.3 Å². The van der Waals surface area contributed by atoms with Crippen LogP contribution in [-0.2, 0) is 56.8 Å².